The third-order valence-electron chi connectivity index (χ3n) is 2.80. The van der Waals surface area contributed by atoms with E-state index in [1.54, 1.807) is 41.5 Å². The van der Waals surface area contributed by atoms with Gasteiger partial charge in [0.25, 0.3) is 0 Å². The molecular formula is C14H26O4. The van der Waals surface area contributed by atoms with Gasteiger partial charge in [-0.15, -0.1) is 0 Å². The highest BCUT2D eigenvalue weighted by Crippen LogP contribution is 2.22. The first-order valence-electron chi connectivity index (χ1n) is 6.32. The van der Waals surface area contributed by atoms with E-state index in [0.29, 0.717) is 0 Å². The highest BCUT2D eigenvalue weighted by atomic mass is 16.3. The van der Waals surface area contributed by atoms with Crippen molar-refractivity contribution in [1.82, 2.24) is 0 Å². The van der Waals surface area contributed by atoms with Crippen molar-refractivity contribution in [2.75, 3.05) is 0 Å². The molecular weight excluding hydrogens is 232 g/mol. The molecule has 0 rings (SSSR count). The van der Waals surface area contributed by atoms with Gasteiger partial charge in [0.15, 0.2) is 11.6 Å². The maximum Gasteiger partial charge on any atom is 0.166 e. The standard InChI is InChI=1S/C14H26O4/c1-13(2,3)11(17)9(15)7-8-10(16)12(18)14(4,5)6/h9-10,15-16H,7-8H2,1-6H3. The number of carbonyl (C=O) groups is 2. The molecule has 0 bridgehead atoms. The van der Waals surface area contributed by atoms with E-state index >= 15 is 0 Å². The Morgan fingerprint density at radius 2 is 1.00 bits per heavy atom. The van der Waals surface area contributed by atoms with Crippen LogP contribution in [0.3, 0.4) is 0 Å². The van der Waals surface area contributed by atoms with Gasteiger partial charge in [-0.05, 0) is 12.8 Å². The van der Waals surface area contributed by atoms with Crippen molar-refractivity contribution in [2.24, 2.45) is 10.8 Å². The highest BCUT2D eigenvalue weighted by Gasteiger charge is 2.31. The summed E-state index contributed by atoms with van der Waals surface area (Å²) in [5.41, 5.74) is -1.23. The number of hydrogen-bond acceptors (Lipinski definition) is 4. The predicted octanol–water partition coefficient (Wildman–Crippen LogP) is 1.72. The van der Waals surface area contributed by atoms with Crippen LogP contribution in [0, 0.1) is 10.8 Å². The molecule has 0 aromatic rings. The van der Waals surface area contributed by atoms with Crippen molar-refractivity contribution in [3.8, 4) is 0 Å². The average molecular weight is 258 g/mol. The van der Waals surface area contributed by atoms with Crippen molar-refractivity contribution in [1.29, 1.82) is 0 Å². The molecule has 2 atom stereocenters. The Labute approximate surface area is 109 Å². The van der Waals surface area contributed by atoms with Gasteiger partial charge in [0, 0.05) is 10.8 Å². The molecule has 0 aliphatic carbocycles. The zero-order valence-electron chi connectivity index (χ0n) is 12.3. The number of ketones is 2. The van der Waals surface area contributed by atoms with E-state index < -0.39 is 23.0 Å². The lowest BCUT2D eigenvalue weighted by Crippen LogP contribution is -2.36. The van der Waals surface area contributed by atoms with Gasteiger partial charge >= 0.3 is 0 Å². The van der Waals surface area contributed by atoms with E-state index in [9.17, 15) is 19.8 Å². The molecule has 2 unspecified atom stereocenters. The third kappa shape index (κ3) is 5.27. The fraction of sp³-hybridized carbons (Fsp3) is 0.857. The largest absolute Gasteiger partial charge is 0.385 e. The van der Waals surface area contributed by atoms with Crippen LogP contribution in [-0.4, -0.2) is 34.0 Å². The summed E-state index contributed by atoms with van der Waals surface area (Å²) < 4.78 is 0. The molecule has 0 radical (unpaired) electrons. The van der Waals surface area contributed by atoms with E-state index in [-0.39, 0.29) is 24.4 Å². The minimum atomic E-state index is -1.12. The quantitative estimate of drug-likeness (QED) is 0.787. The summed E-state index contributed by atoms with van der Waals surface area (Å²) in [5.74, 6) is -0.532. The summed E-state index contributed by atoms with van der Waals surface area (Å²) in [6.07, 6.45) is -2.02. The summed E-state index contributed by atoms with van der Waals surface area (Å²) in [4.78, 5) is 23.5. The van der Waals surface area contributed by atoms with Gasteiger partial charge in [0.2, 0.25) is 0 Å². The van der Waals surface area contributed by atoms with Crippen LogP contribution in [0.15, 0.2) is 0 Å². The molecule has 0 fully saturated rings. The Hall–Kier alpha value is -0.740. The fourth-order valence-electron chi connectivity index (χ4n) is 1.58. The second kappa shape index (κ2) is 5.93. The zero-order chi connectivity index (χ0) is 14.7. The molecule has 0 saturated heterocycles. The molecule has 0 saturated carbocycles. The molecule has 0 spiro atoms. The Morgan fingerprint density at radius 1 is 0.778 bits per heavy atom. The van der Waals surface area contributed by atoms with Crippen LogP contribution in [-0.2, 0) is 9.59 Å². The van der Waals surface area contributed by atoms with Gasteiger partial charge in [-0.2, -0.15) is 0 Å². The van der Waals surface area contributed by atoms with Crippen molar-refractivity contribution < 1.29 is 19.8 Å². The SMILES string of the molecule is CC(C)(C)C(=O)C(O)CCC(O)C(=O)C(C)(C)C. The van der Waals surface area contributed by atoms with Gasteiger partial charge in [-0.3, -0.25) is 9.59 Å². The van der Waals surface area contributed by atoms with Crippen LogP contribution in [0.25, 0.3) is 0 Å². The molecule has 0 aliphatic rings. The molecule has 0 aromatic heterocycles. The second-order valence-corrected chi connectivity index (χ2v) is 6.84. The fourth-order valence-corrected chi connectivity index (χ4v) is 1.58. The Bertz CT molecular complexity index is 275. The van der Waals surface area contributed by atoms with E-state index in [0.717, 1.165) is 0 Å². The van der Waals surface area contributed by atoms with Gasteiger partial charge in [-0.25, -0.2) is 0 Å². The van der Waals surface area contributed by atoms with Crippen LogP contribution in [0.2, 0.25) is 0 Å². The number of carbonyl (C=O) groups excluding carboxylic acids is 2. The first-order chi connectivity index (χ1) is 7.87. The second-order valence-electron chi connectivity index (χ2n) is 6.84. The number of aliphatic hydroxyl groups is 2. The molecule has 4 heteroatoms. The number of rotatable bonds is 5. The van der Waals surface area contributed by atoms with E-state index in [2.05, 4.69) is 0 Å². The molecule has 0 aliphatic heterocycles. The van der Waals surface area contributed by atoms with Crippen molar-refractivity contribution >= 4 is 11.6 Å². The minimum Gasteiger partial charge on any atom is -0.385 e. The van der Waals surface area contributed by atoms with Crippen molar-refractivity contribution in [3.63, 3.8) is 0 Å². The van der Waals surface area contributed by atoms with Gasteiger partial charge in [0.1, 0.15) is 12.2 Å². The molecule has 18 heavy (non-hydrogen) atoms. The number of hydrogen-bond donors (Lipinski definition) is 2. The summed E-state index contributed by atoms with van der Waals surface area (Å²) in [6, 6.07) is 0. The molecule has 106 valence electrons. The Kier molecular flexibility index (Phi) is 5.69. The smallest absolute Gasteiger partial charge is 0.166 e. The summed E-state index contributed by atoms with van der Waals surface area (Å²) in [5, 5.41) is 19.4. The van der Waals surface area contributed by atoms with Crippen LogP contribution in [0.1, 0.15) is 54.4 Å². The van der Waals surface area contributed by atoms with Crippen molar-refractivity contribution in [3.05, 3.63) is 0 Å². The monoisotopic (exact) mass is 258 g/mol. The maximum atomic E-state index is 11.7. The summed E-state index contributed by atoms with van der Waals surface area (Å²) in [7, 11) is 0. The molecule has 0 heterocycles. The first kappa shape index (κ1) is 17.3. The summed E-state index contributed by atoms with van der Waals surface area (Å²) in [6.45, 7) is 10.4. The average Bonchev–Trinajstić information content (AvgIpc) is 2.20. The first-order valence-corrected chi connectivity index (χ1v) is 6.32. The van der Waals surface area contributed by atoms with Crippen LogP contribution >= 0.6 is 0 Å². The molecule has 0 amide bonds. The number of aliphatic hydroxyl groups excluding tert-OH is 2. The lowest BCUT2D eigenvalue weighted by Gasteiger charge is -2.23. The lowest BCUT2D eigenvalue weighted by molar-refractivity contribution is -0.138. The maximum absolute atomic E-state index is 11.7. The van der Waals surface area contributed by atoms with E-state index in [1.165, 1.54) is 0 Å². The molecule has 4 nitrogen and oxygen atoms in total. The van der Waals surface area contributed by atoms with Gasteiger partial charge < -0.3 is 10.2 Å². The topological polar surface area (TPSA) is 74.6 Å². The van der Waals surface area contributed by atoms with Crippen LogP contribution in [0.5, 0.6) is 0 Å². The van der Waals surface area contributed by atoms with Gasteiger partial charge in [0.05, 0.1) is 0 Å². The lowest BCUT2D eigenvalue weighted by atomic mass is 9.83. The normalized spacial score (nSPS) is 16.2. The Balaban J connectivity index is 4.35. The Morgan fingerprint density at radius 3 is 1.17 bits per heavy atom. The molecule has 2 N–H and O–H groups in total. The van der Waals surface area contributed by atoms with E-state index in [1.807, 2.05) is 0 Å². The van der Waals surface area contributed by atoms with Crippen LogP contribution in [0.4, 0.5) is 0 Å². The van der Waals surface area contributed by atoms with Gasteiger partial charge in [-0.1, -0.05) is 41.5 Å². The molecule has 0 aromatic carbocycles. The summed E-state index contributed by atoms with van der Waals surface area (Å²) >= 11 is 0. The van der Waals surface area contributed by atoms with Crippen LogP contribution < -0.4 is 0 Å². The minimum absolute atomic E-state index is 0.110. The third-order valence-corrected chi connectivity index (χ3v) is 2.80. The zero-order valence-corrected chi connectivity index (χ0v) is 12.3. The predicted molar refractivity (Wildman–Crippen MR) is 70.2 cm³/mol. The van der Waals surface area contributed by atoms with Crippen molar-refractivity contribution in [2.45, 2.75) is 66.6 Å². The highest BCUT2D eigenvalue weighted by molar-refractivity contribution is 5.88. The van der Waals surface area contributed by atoms with E-state index in [4.69, 9.17) is 0 Å². The number of Topliss-reactive ketones (excluding diaryl/α,β-unsaturated/α-hetero) is 2.